The fraction of sp³-hybridized carbons (Fsp3) is 0.696. The van der Waals surface area contributed by atoms with Crippen LogP contribution < -0.4 is 0 Å². The van der Waals surface area contributed by atoms with E-state index in [1.807, 2.05) is 4.90 Å². The third-order valence-electron chi connectivity index (χ3n) is 5.81. The molecule has 0 spiro atoms. The number of carbonyl (C=O) groups is 1. The minimum atomic E-state index is -3.70. The summed E-state index contributed by atoms with van der Waals surface area (Å²) in [5.41, 5.74) is 0. The number of sulfonamides is 1. The molecule has 32 heavy (non-hydrogen) atoms. The van der Waals surface area contributed by atoms with E-state index in [-0.39, 0.29) is 17.3 Å². The molecule has 0 saturated carbocycles. The van der Waals surface area contributed by atoms with Gasteiger partial charge in [0.25, 0.3) is 0 Å². The van der Waals surface area contributed by atoms with Crippen LogP contribution in [0.3, 0.4) is 0 Å². The molecule has 0 atom stereocenters. The minimum absolute atomic E-state index is 0.0517. The zero-order valence-corrected chi connectivity index (χ0v) is 20.3. The van der Waals surface area contributed by atoms with Gasteiger partial charge in [0, 0.05) is 52.7 Å². The molecular weight excluding hydrogens is 433 g/mol. The topological polar surface area (TPSA) is 70.2 Å². The van der Waals surface area contributed by atoms with Gasteiger partial charge in [-0.3, -0.25) is 9.69 Å². The Morgan fingerprint density at radius 2 is 1.72 bits per heavy atom. The molecule has 182 valence electrons. The molecule has 1 aromatic carbocycles. The molecule has 7 nitrogen and oxygen atoms in total. The van der Waals surface area contributed by atoms with Gasteiger partial charge in [0.2, 0.25) is 15.9 Å². The molecule has 1 heterocycles. The maximum Gasteiger partial charge on any atom is 0.242 e. The van der Waals surface area contributed by atoms with Gasteiger partial charge in [0.15, 0.2) is 0 Å². The van der Waals surface area contributed by atoms with Gasteiger partial charge in [0.1, 0.15) is 5.82 Å². The van der Waals surface area contributed by atoms with Crippen molar-refractivity contribution in [2.45, 2.75) is 50.3 Å². The van der Waals surface area contributed by atoms with Gasteiger partial charge in [-0.25, -0.2) is 17.1 Å². The maximum atomic E-state index is 13.1. The molecule has 0 aromatic heterocycles. The van der Waals surface area contributed by atoms with E-state index in [2.05, 4.69) is 11.8 Å². The summed E-state index contributed by atoms with van der Waals surface area (Å²) < 4.78 is 45.0. The number of morpholine rings is 1. The van der Waals surface area contributed by atoms with Crippen molar-refractivity contribution < 1.29 is 22.3 Å². The first kappa shape index (κ1) is 26.7. The lowest BCUT2D eigenvalue weighted by molar-refractivity contribution is -0.131. The van der Waals surface area contributed by atoms with Gasteiger partial charge in [-0.1, -0.05) is 26.2 Å². The Bertz CT molecular complexity index is 783. The Kier molecular flexibility index (Phi) is 11.6. The predicted molar refractivity (Wildman–Crippen MR) is 123 cm³/mol. The minimum Gasteiger partial charge on any atom is -0.379 e. The van der Waals surface area contributed by atoms with Crippen LogP contribution in [0, 0.1) is 5.82 Å². The molecule has 0 radical (unpaired) electrons. The molecule has 0 aliphatic carbocycles. The van der Waals surface area contributed by atoms with Crippen molar-refractivity contribution in [2.75, 3.05) is 59.5 Å². The summed E-state index contributed by atoms with van der Waals surface area (Å²) in [6, 6.07) is 4.79. The second-order valence-electron chi connectivity index (χ2n) is 8.28. The largest absolute Gasteiger partial charge is 0.379 e. The molecule has 0 unspecified atom stereocenters. The van der Waals surface area contributed by atoms with Crippen LogP contribution in [0.5, 0.6) is 0 Å². The van der Waals surface area contributed by atoms with E-state index >= 15 is 0 Å². The Morgan fingerprint density at radius 3 is 2.38 bits per heavy atom. The van der Waals surface area contributed by atoms with Crippen LogP contribution in [0.1, 0.15) is 45.4 Å². The van der Waals surface area contributed by atoms with Crippen molar-refractivity contribution in [3.05, 3.63) is 30.1 Å². The third-order valence-corrected chi connectivity index (χ3v) is 7.68. The highest BCUT2D eigenvalue weighted by atomic mass is 32.2. The third kappa shape index (κ3) is 8.77. The Hall–Kier alpha value is -1.55. The number of hydrogen-bond acceptors (Lipinski definition) is 5. The first-order chi connectivity index (χ1) is 15.3. The molecule has 0 bridgehead atoms. The van der Waals surface area contributed by atoms with E-state index < -0.39 is 15.8 Å². The van der Waals surface area contributed by atoms with Crippen molar-refractivity contribution >= 4 is 15.9 Å². The lowest BCUT2D eigenvalue weighted by Crippen LogP contribution is -2.43. The first-order valence-electron chi connectivity index (χ1n) is 11.6. The molecule has 1 fully saturated rings. The van der Waals surface area contributed by atoms with Gasteiger partial charge in [-0.15, -0.1) is 0 Å². The summed E-state index contributed by atoms with van der Waals surface area (Å²) in [6.45, 7) is 7.92. The molecule has 1 aromatic rings. The first-order valence-corrected chi connectivity index (χ1v) is 13.1. The van der Waals surface area contributed by atoms with E-state index in [0.29, 0.717) is 19.4 Å². The summed E-state index contributed by atoms with van der Waals surface area (Å²) in [7, 11) is -2.21. The van der Waals surface area contributed by atoms with Gasteiger partial charge in [-0.2, -0.15) is 0 Å². The Morgan fingerprint density at radius 1 is 1.03 bits per heavy atom. The monoisotopic (exact) mass is 471 g/mol. The summed E-state index contributed by atoms with van der Waals surface area (Å²) in [5, 5.41) is 0. The number of nitrogens with zero attached hydrogens (tertiary/aromatic N) is 3. The second-order valence-corrected chi connectivity index (χ2v) is 10.3. The van der Waals surface area contributed by atoms with E-state index in [9.17, 15) is 17.6 Å². The average molecular weight is 472 g/mol. The smallest absolute Gasteiger partial charge is 0.242 e. The van der Waals surface area contributed by atoms with Crippen molar-refractivity contribution in [1.82, 2.24) is 14.1 Å². The van der Waals surface area contributed by atoms with Crippen LogP contribution in [-0.4, -0.2) is 88.0 Å². The van der Waals surface area contributed by atoms with Crippen molar-refractivity contribution in [3.8, 4) is 0 Å². The number of ether oxygens (including phenoxy) is 1. The molecule has 1 amide bonds. The van der Waals surface area contributed by atoms with E-state index in [1.165, 1.54) is 23.5 Å². The van der Waals surface area contributed by atoms with Gasteiger partial charge < -0.3 is 9.64 Å². The van der Waals surface area contributed by atoms with E-state index in [0.717, 1.165) is 77.2 Å². The van der Waals surface area contributed by atoms with Crippen molar-refractivity contribution in [2.24, 2.45) is 0 Å². The zero-order chi connectivity index (χ0) is 23.4. The van der Waals surface area contributed by atoms with Gasteiger partial charge >= 0.3 is 0 Å². The SMILES string of the molecule is CCCCCCN(CCN1CCOCC1)C(=O)CCCN(C)S(=O)(=O)c1ccc(F)cc1. The number of hydrogen-bond donors (Lipinski definition) is 0. The van der Waals surface area contributed by atoms with Gasteiger partial charge in [0.05, 0.1) is 18.1 Å². The molecule has 1 aliphatic rings. The quantitative estimate of drug-likeness (QED) is 0.390. The summed E-state index contributed by atoms with van der Waals surface area (Å²) in [5.74, 6) is -0.407. The molecule has 1 saturated heterocycles. The molecule has 2 rings (SSSR count). The van der Waals surface area contributed by atoms with Crippen LogP contribution in [0.25, 0.3) is 0 Å². The number of benzene rings is 1. The standard InChI is InChI=1S/C23H38FN3O4S/c1-3-4-5-6-14-27(16-15-26-17-19-31-20-18-26)23(28)8-7-13-25(2)32(29,30)22-11-9-21(24)10-12-22/h9-12H,3-8,13-20H2,1-2H3. The average Bonchev–Trinajstić information content (AvgIpc) is 2.79. The highest BCUT2D eigenvalue weighted by Crippen LogP contribution is 2.15. The number of halogens is 1. The summed E-state index contributed by atoms with van der Waals surface area (Å²) in [6.07, 6.45) is 5.16. The molecule has 9 heteroatoms. The van der Waals surface area contributed by atoms with Crippen LogP contribution in [-0.2, 0) is 19.6 Å². The van der Waals surface area contributed by atoms with Crippen LogP contribution in [0.4, 0.5) is 4.39 Å². The summed E-state index contributed by atoms with van der Waals surface area (Å²) >= 11 is 0. The highest BCUT2D eigenvalue weighted by Gasteiger charge is 2.22. The maximum absolute atomic E-state index is 13.1. The molecule has 0 N–H and O–H groups in total. The van der Waals surface area contributed by atoms with Crippen molar-refractivity contribution in [1.29, 1.82) is 0 Å². The lowest BCUT2D eigenvalue weighted by atomic mass is 10.2. The number of carbonyl (C=O) groups excluding carboxylic acids is 1. The van der Waals surface area contributed by atoms with E-state index in [1.54, 1.807) is 0 Å². The van der Waals surface area contributed by atoms with Crippen molar-refractivity contribution in [3.63, 3.8) is 0 Å². The molecule has 1 aliphatic heterocycles. The van der Waals surface area contributed by atoms with Crippen LogP contribution >= 0.6 is 0 Å². The second kappa shape index (κ2) is 13.9. The summed E-state index contributed by atoms with van der Waals surface area (Å²) in [4.78, 5) is 17.2. The van der Waals surface area contributed by atoms with E-state index in [4.69, 9.17) is 4.74 Å². The van der Waals surface area contributed by atoms with Gasteiger partial charge in [-0.05, 0) is 37.1 Å². The fourth-order valence-corrected chi connectivity index (χ4v) is 4.90. The molecular formula is C23H38FN3O4S. The highest BCUT2D eigenvalue weighted by molar-refractivity contribution is 7.89. The Labute approximate surface area is 192 Å². The number of rotatable bonds is 14. The van der Waals surface area contributed by atoms with Crippen LogP contribution in [0.2, 0.25) is 0 Å². The normalized spacial score (nSPS) is 15.2. The number of amides is 1. The van der Waals surface area contributed by atoms with Crippen LogP contribution in [0.15, 0.2) is 29.2 Å². The predicted octanol–water partition coefficient (Wildman–Crippen LogP) is 2.97. The lowest BCUT2D eigenvalue weighted by Gasteiger charge is -2.30. The zero-order valence-electron chi connectivity index (χ0n) is 19.5. The number of unbranched alkanes of at least 4 members (excludes halogenated alkanes) is 3. The Balaban J connectivity index is 1.84. The fourth-order valence-electron chi connectivity index (χ4n) is 3.70.